The minimum atomic E-state index is -0.930. The van der Waals surface area contributed by atoms with E-state index in [1.165, 1.54) is 0 Å². The summed E-state index contributed by atoms with van der Waals surface area (Å²) in [6.07, 6.45) is 2.24. The van der Waals surface area contributed by atoms with E-state index in [4.69, 9.17) is 16.6 Å². The third-order valence-corrected chi connectivity index (χ3v) is 2.37. The van der Waals surface area contributed by atoms with Crippen molar-refractivity contribution in [1.82, 2.24) is 0 Å². The average molecular weight is 216 g/mol. The van der Waals surface area contributed by atoms with Crippen LogP contribution in [0, 0.1) is 5.92 Å². The highest BCUT2D eigenvalue weighted by atomic mass is 16.4. The molecule has 0 aliphatic heterocycles. The molecule has 5 heteroatoms. The van der Waals surface area contributed by atoms with Crippen molar-refractivity contribution >= 4 is 11.8 Å². The lowest BCUT2D eigenvalue weighted by atomic mass is 9.94. The standard InChI is InChI=1S/C10H20N2O3/c1-2-3-4-7(10(14)15)5-9(13)8(12)6-11/h7-8H,2-6,11-12H2,1H3,(H,14,15)/t7-,8+/m0/s1. The zero-order valence-electron chi connectivity index (χ0n) is 9.11. The number of nitrogens with two attached hydrogens (primary N) is 2. The van der Waals surface area contributed by atoms with Gasteiger partial charge in [0.1, 0.15) is 0 Å². The molecule has 0 unspecified atom stereocenters. The molecule has 0 aliphatic carbocycles. The van der Waals surface area contributed by atoms with Gasteiger partial charge in [-0.1, -0.05) is 19.8 Å². The Hall–Kier alpha value is -0.940. The van der Waals surface area contributed by atoms with Crippen LogP contribution in [0.5, 0.6) is 0 Å². The lowest BCUT2D eigenvalue weighted by Gasteiger charge is -2.13. The molecular formula is C10H20N2O3. The first kappa shape index (κ1) is 14.1. The van der Waals surface area contributed by atoms with Gasteiger partial charge in [0, 0.05) is 13.0 Å². The number of hydrogen-bond donors (Lipinski definition) is 3. The van der Waals surface area contributed by atoms with E-state index >= 15 is 0 Å². The van der Waals surface area contributed by atoms with E-state index in [1.807, 2.05) is 6.92 Å². The molecule has 15 heavy (non-hydrogen) atoms. The summed E-state index contributed by atoms with van der Waals surface area (Å²) in [6.45, 7) is 2.05. The van der Waals surface area contributed by atoms with Crippen LogP contribution < -0.4 is 11.5 Å². The van der Waals surface area contributed by atoms with Crippen molar-refractivity contribution in [3.8, 4) is 0 Å². The van der Waals surface area contributed by atoms with Crippen LogP contribution in [0.2, 0.25) is 0 Å². The molecule has 0 spiro atoms. The number of carbonyl (C=O) groups excluding carboxylic acids is 1. The third-order valence-electron chi connectivity index (χ3n) is 2.37. The first-order valence-electron chi connectivity index (χ1n) is 5.24. The summed E-state index contributed by atoms with van der Waals surface area (Å²) in [5.41, 5.74) is 10.7. The number of unbranched alkanes of at least 4 members (excludes halogenated alkanes) is 1. The predicted molar refractivity (Wildman–Crippen MR) is 57.3 cm³/mol. The molecule has 0 amide bonds. The largest absolute Gasteiger partial charge is 0.481 e. The van der Waals surface area contributed by atoms with Crippen LogP contribution in [-0.4, -0.2) is 29.4 Å². The fraction of sp³-hybridized carbons (Fsp3) is 0.800. The van der Waals surface area contributed by atoms with E-state index < -0.39 is 17.9 Å². The van der Waals surface area contributed by atoms with Crippen LogP contribution in [0.15, 0.2) is 0 Å². The number of Topliss-reactive ketones (excluding diaryl/α,β-unsaturated/α-hetero) is 1. The number of aliphatic carboxylic acids is 1. The third kappa shape index (κ3) is 5.49. The van der Waals surface area contributed by atoms with Crippen LogP contribution in [0.4, 0.5) is 0 Å². The van der Waals surface area contributed by atoms with Gasteiger partial charge >= 0.3 is 5.97 Å². The van der Waals surface area contributed by atoms with E-state index in [0.717, 1.165) is 12.8 Å². The van der Waals surface area contributed by atoms with Gasteiger partial charge in [-0.15, -0.1) is 0 Å². The maximum absolute atomic E-state index is 11.4. The van der Waals surface area contributed by atoms with E-state index in [1.54, 1.807) is 0 Å². The number of ketones is 1. The fourth-order valence-electron chi connectivity index (χ4n) is 1.29. The quantitative estimate of drug-likeness (QED) is 0.534. The minimum absolute atomic E-state index is 0.00625. The van der Waals surface area contributed by atoms with Gasteiger partial charge in [-0.2, -0.15) is 0 Å². The van der Waals surface area contributed by atoms with Crippen LogP contribution in [-0.2, 0) is 9.59 Å². The first-order chi connectivity index (χ1) is 7.02. The molecule has 0 aromatic heterocycles. The molecule has 0 fully saturated rings. The average Bonchev–Trinajstić information content (AvgIpc) is 2.22. The van der Waals surface area contributed by atoms with Crippen molar-refractivity contribution in [1.29, 1.82) is 0 Å². The molecular weight excluding hydrogens is 196 g/mol. The lowest BCUT2D eigenvalue weighted by molar-refractivity contribution is -0.144. The van der Waals surface area contributed by atoms with Gasteiger partial charge in [0.15, 0.2) is 5.78 Å². The number of carbonyl (C=O) groups is 2. The monoisotopic (exact) mass is 216 g/mol. The molecule has 0 saturated heterocycles. The van der Waals surface area contributed by atoms with E-state index in [9.17, 15) is 9.59 Å². The predicted octanol–water partition coefficient (Wildman–Crippen LogP) is 0.123. The van der Waals surface area contributed by atoms with Crippen molar-refractivity contribution in [2.45, 2.75) is 38.6 Å². The smallest absolute Gasteiger partial charge is 0.306 e. The number of hydrogen-bond acceptors (Lipinski definition) is 4. The number of carboxylic acid groups (broad SMARTS) is 1. The summed E-state index contributed by atoms with van der Waals surface area (Å²) in [4.78, 5) is 22.2. The first-order valence-corrected chi connectivity index (χ1v) is 5.24. The van der Waals surface area contributed by atoms with Gasteiger partial charge in [-0.05, 0) is 6.42 Å². The van der Waals surface area contributed by atoms with Gasteiger partial charge in [0.2, 0.25) is 0 Å². The molecule has 0 bridgehead atoms. The Bertz CT molecular complexity index is 219. The van der Waals surface area contributed by atoms with Gasteiger partial charge < -0.3 is 16.6 Å². The zero-order valence-corrected chi connectivity index (χ0v) is 9.11. The van der Waals surface area contributed by atoms with Gasteiger partial charge in [0.25, 0.3) is 0 Å². The second-order valence-electron chi connectivity index (χ2n) is 3.69. The highest BCUT2D eigenvalue weighted by molar-refractivity contribution is 5.87. The molecule has 0 radical (unpaired) electrons. The molecule has 0 saturated carbocycles. The van der Waals surface area contributed by atoms with Crippen molar-refractivity contribution < 1.29 is 14.7 Å². The summed E-state index contributed by atoms with van der Waals surface area (Å²) < 4.78 is 0. The molecule has 2 atom stereocenters. The van der Waals surface area contributed by atoms with Crippen molar-refractivity contribution in [3.05, 3.63) is 0 Å². The van der Waals surface area contributed by atoms with Crippen LogP contribution in [0.1, 0.15) is 32.6 Å². The second kappa shape index (κ2) is 7.36. The molecule has 88 valence electrons. The Balaban J connectivity index is 4.16. The lowest BCUT2D eigenvalue weighted by Crippen LogP contribution is -2.39. The number of carboxylic acids is 1. The van der Waals surface area contributed by atoms with Gasteiger partial charge in [-0.25, -0.2) is 0 Å². The molecule has 5 N–H and O–H groups in total. The Morgan fingerprint density at radius 3 is 2.40 bits per heavy atom. The summed E-state index contributed by atoms with van der Waals surface area (Å²) >= 11 is 0. The van der Waals surface area contributed by atoms with Crippen molar-refractivity contribution in [2.24, 2.45) is 17.4 Å². The van der Waals surface area contributed by atoms with E-state index in [-0.39, 0.29) is 18.7 Å². The Morgan fingerprint density at radius 2 is 2.00 bits per heavy atom. The summed E-state index contributed by atoms with van der Waals surface area (Å²) in [5.74, 6) is -1.81. The molecule has 5 nitrogen and oxygen atoms in total. The topological polar surface area (TPSA) is 106 Å². The minimum Gasteiger partial charge on any atom is -0.481 e. The van der Waals surface area contributed by atoms with Crippen LogP contribution in [0.25, 0.3) is 0 Å². The van der Waals surface area contributed by atoms with Crippen molar-refractivity contribution in [2.75, 3.05) is 6.54 Å². The molecule has 0 aromatic carbocycles. The summed E-state index contributed by atoms with van der Waals surface area (Å²) in [7, 11) is 0. The van der Waals surface area contributed by atoms with Crippen LogP contribution in [0.3, 0.4) is 0 Å². The maximum Gasteiger partial charge on any atom is 0.306 e. The number of rotatable bonds is 8. The van der Waals surface area contributed by atoms with E-state index in [0.29, 0.717) is 6.42 Å². The Labute approximate surface area is 89.8 Å². The van der Waals surface area contributed by atoms with Crippen molar-refractivity contribution in [3.63, 3.8) is 0 Å². The second-order valence-corrected chi connectivity index (χ2v) is 3.69. The van der Waals surface area contributed by atoms with Gasteiger partial charge in [-0.3, -0.25) is 9.59 Å². The Kier molecular flexibility index (Phi) is 6.90. The normalized spacial score (nSPS) is 14.6. The van der Waals surface area contributed by atoms with Gasteiger partial charge in [0.05, 0.1) is 12.0 Å². The highest BCUT2D eigenvalue weighted by Gasteiger charge is 2.23. The Morgan fingerprint density at radius 1 is 1.40 bits per heavy atom. The zero-order chi connectivity index (χ0) is 11.8. The highest BCUT2D eigenvalue weighted by Crippen LogP contribution is 2.14. The SMILES string of the molecule is CCCC[C@@H](CC(=O)[C@H](N)CN)C(=O)O. The molecule has 0 aliphatic rings. The fourth-order valence-corrected chi connectivity index (χ4v) is 1.29. The summed E-state index contributed by atoms with van der Waals surface area (Å²) in [5, 5.41) is 8.88. The molecule has 0 aromatic rings. The summed E-state index contributed by atoms with van der Waals surface area (Å²) in [6, 6.07) is -0.728. The van der Waals surface area contributed by atoms with E-state index in [2.05, 4.69) is 0 Å². The maximum atomic E-state index is 11.4. The molecule has 0 heterocycles. The molecule has 0 rings (SSSR count). The van der Waals surface area contributed by atoms with Crippen LogP contribution >= 0.6 is 0 Å².